The van der Waals surface area contributed by atoms with Gasteiger partial charge in [-0.25, -0.2) is 0 Å². The zero-order chi connectivity index (χ0) is 14.7. The predicted octanol–water partition coefficient (Wildman–Crippen LogP) is -0.00820. The number of amides is 1. The Labute approximate surface area is 120 Å². The molecule has 3 unspecified atom stereocenters. The van der Waals surface area contributed by atoms with Crippen LogP contribution in [0.4, 0.5) is 0 Å². The van der Waals surface area contributed by atoms with Gasteiger partial charge in [-0.15, -0.1) is 0 Å². The summed E-state index contributed by atoms with van der Waals surface area (Å²) in [5, 5.41) is 12.3. The van der Waals surface area contributed by atoms with E-state index in [1.807, 2.05) is 9.80 Å². The number of carbonyl (C=O) groups excluding carboxylic acids is 1. The quantitative estimate of drug-likeness (QED) is 0.762. The van der Waals surface area contributed by atoms with Crippen molar-refractivity contribution in [2.45, 2.75) is 38.8 Å². The van der Waals surface area contributed by atoms with Gasteiger partial charge in [0.15, 0.2) is 0 Å². The molecule has 2 aliphatic rings. The summed E-state index contributed by atoms with van der Waals surface area (Å²) >= 11 is 0. The minimum Gasteiger partial charge on any atom is -0.480 e. The molecular formula is C14H25N3O3. The standard InChI is InChI=1S/C14H25N3O3/c1-10-3-4-15-12(9-10)13(18)17-7-5-16(6-8-17)11(2)14(19)20/h10-12,15H,3-9H2,1-2H3,(H,19,20). The van der Waals surface area contributed by atoms with Gasteiger partial charge in [0.2, 0.25) is 5.91 Å². The van der Waals surface area contributed by atoms with Crippen molar-refractivity contribution in [3.63, 3.8) is 0 Å². The van der Waals surface area contributed by atoms with Gasteiger partial charge in [-0.2, -0.15) is 0 Å². The van der Waals surface area contributed by atoms with E-state index in [0.29, 0.717) is 32.1 Å². The first-order valence-corrected chi connectivity index (χ1v) is 7.48. The maximum Gasteiger partial charge on any atom is 0.320 e. The highest BCUT2D eigenvalue weighted by Crippen LogP contribution is 2.17. The molecule has 114 valence electrons. The van der Waals surface area contributed by atoms with Gasteiger partial charge >= 0.3 is 5.97 Å². The van der Waals surface area contributed by atoms with Crippen LogP contribution in [0.5, 0.6) is 0 Å². The highest BCUT2D eigenvalue weighted by molar-refractivity contribution is 5.82. The highest BCUT2D eigenvalue weighted by Gasteiger charge is 2.32. The van der Waals surface area contributed by atoms with E-state index in [1.54, 1.807) is 6.92 Å². The number of nitrogens with one attached hydrogen (secondary N) is 1. The molecular weight excluding hydrogens is 258 g/mol. The number of hydrogen-bond acceptors (Lipinski definition) is 4. The van der Waals surface area contributed by atoms with Crippen LogP contribution in [0.25, 0.3) is 0 Å². The van der Waals surface area contributed by atoms with Crippen LogP contribution in [0.15, 0.2) is 0 Å². The first-order valence-electron chi connectivity index (χ1n) is 7.48. The number of carboxylic acid groups (broad SMARTS) is 1. The molecule has 0 aromatic heterocycles. The number of piperidine rings is 1. The van der Waals surface area contributed by atoms with Gasteiger partial charge in [-0.1, -0.05) is 6.92 Å². The molecule has 0 bridgehead atoms. The molecule has 0 saturated carbocycles. The molecule has 0 aromatic carbocycles. The topological polar surface area (TPSA) is 72.9 Å². The first-order chi connectivity index (χ1) is 9.49. The third-order valence-corrected chi connectivity index (χ3v) is 4.50. The van der Waals surface area contributed by atoms with Gasteiger partial charge in [0.1, 0.15) is 6.04 Å². The lowest BCUT2D eigenvalue weighted by Crippen LogP contribution is -2.57. The second-order valence-electron chi connectivity index (χ2n) is 6.01. The van der Waals surface area contributed by atoms with Crippen molar-refractivity contribution in [3.05, 3.63) is 0 Å². The summed E-state index contributed by atoms with van der Waals surface area (Å²) in [6.07, 6.45) is 2.04. The SMILES string of the molecule is CC1CCNC(C(=O)N2CCN(C(C)C(=O)O)CC2)C1. The van der Waals surface area contributed by atoms with Gasteiger partial charge in [-0.05, 0) is 32.2 Å². The third-order valence-electron chi connectivity index (χ3n) is 4.50. The van der Waals surface area contributed by atoms with E-state index in [2.05, 4.69) is 12.2 Å². The first kappa shape index (κ1) is 15.3. The summed E-state index contributed by atoms with van der Waals surface area (Å²) in [5.41, 5.74) is 0. The van der Waals surface area contributed by atoms with Crippen LogP contribution >= 0.6 is 0 Å². The largest absolute Gasteiger partial charge is 0.480 e. The van der Waals surface area contributed by atoms with Gasteiger partial charge in [0.25, 0.3) is 0 Å². The van der Waals surface area contributed by atoms with Crippen molar-refractivity contribution in [1.82, 2.24) is 15.1 Å². The highest BCUT2D eigenvalue weighted by atomic mass is 16.4. The molecule has 20 heavy (non-hydrogen) atoms. The van der Waals surface area contributed by atoms with Crippen LogP contribution < -0.4 is 5.32 Å². The third kappa shape index (κ3) is 3.49. The second kappa shape index (κ2) is 6.54. The van der Waals surface area contributed by atoms with Crippen molar-refractivity contribution in [3.8, 4) is 0 Å². The Morgan fingerprint density at radius 3 is 2.45 bits per heavy atom. The Bertz CT molecular complexity index is 367. The fourth-order valence-electron chi connectivity index (χ4n) is 3.00. The summed E-state index contributed by atoms with van der Waals surface area (Å²) < 4.78 is 0. The maximum atomic E-state index is 12.4. The number of hydrogen-bond donors (Lipinski definition) is 2. The minimum atomic E-state index is -0.799. The lowest BCUT2D eigenvalue weighted by Gasteiger charge is -2.39. The molecule has 0 aromatic rings. The van der Waals surface area contributed by atoms with Crippen molar-refractivity contribution in [1.29, 1.82) is 0 Å². The second-order valence-corrected chi connectivity index (χ2v) is 6.01. The monoisotopic (exact) mass is 283 g/mol. The molecule has 2 aliphatic heterocycles. The lowest BCUT2D eigenvalue weighted by atomic mass is 9.93. The number of carboxylic acids is 1. The molecule has 2 saturated heterocycles. The summed E-state index contributed by atoms with van der Waals surface area (Å²) in [6.45, 7) is 7.33. The molecule has 2 fully saturated rings. The van der Waals surface area contributed by atoms with Crippen molar-refractivity contribution in [2.75, 3.05) is 32.7 Å². The van der Waals surface area contributed by atoms with Gasteiger partial charge in [0.05, 0.1) is 6.04 Å². The van der Waals surface area contributed by atoms with Crippen molar-refractivity contribution in [2.24, 2.45) is 5.92 Å². The van der Waals surface area contributed by atoms with Crippen molar-refractivity contribution < 1.29 is 14.7 Å². The van der Waals surface area contributed by atoms with Crippen LogP contribution in [0.2, 0.25) is 0 Å². The van der Waals surface area contributed by atoms with E-state index in [9.17, 15) is 9.59 Å². The van der Waals surface area contributed by atoms with Crippen LogP contribution in [-0.4, -0.2) is 71.6 Å². The van der Waals surface area contributed by atoms with E-state index in [1.165, 1.54) is 0 Å². The van der Waals surface area contributed by atoms with E-state index in [0.717, 1.165) is 19.4 Å². The Hall–Kier alpha value is -1.14. The van der Waals surface area contributed by atoms with Crippen LogP contribution in [0.3, 0.4) is 0 Å². The Kier molecular flexibility index (Phi) is 4.99. The van der Waals surface area contributed by atoms with Gasteiger partial charge in [0, 0.05) is 26.2 Å². The lowest BCUT2D eigenvalue weighted by molar-refractivity contribution is -0.144. The van der Waals surface area contributed by atoms with Gasteiger partial charge in [-0.3, -0.25) is 14.5 Å². The van der Waals surface area contributed by atoms with Crippen molar-refractivity contribution >= 4 is 11.9 Å². The predicted molar refractivity (Wildman–Crippen MR) is 75.4 cm³/mol. The Balaban J connectivity index is 1.84. The summed E-state index contributed by atoms with van der Waals surface area (Å²) in [5.74, 6) is -0.0229. The summed E-state index contributed by atoms with van der Waals surface area (Å²) in [4.78, 5) is 27.2. The zero-order valence-electron chi connectivity index (χ0n) is 12.3. The zero-order valence-corrected chi connectivity index (χ0v) is 12.3. The summed E-state index contributed by atoms with van der Waals surface area (Å²) in [7, 11) is 0. The molecule has 3 atom stereocenters. The van der Waals surface area contributed by atoms with Crippen LogP contribution in [-0.2, 0) is 9.59 Å². The molecule has 1 amide bonds. The summed E-state index contributed by atoms with van der Waals surface area (Å²) in [6, 6.07) is -0.526. The number of nitrogens with zero attached hydrogens (tertiary/aromatic N) is 2. The Morgan fingerprint density at radius 1 is 1.25 bits per heavy atom. The van der Waals surface area contributed by atoms with E-state index >= 15 is 0 Å². The average Bonchev–Trinajstić information content (AvgIpc) is 2.46. The van der Waals surface area contributed by atoms with Gasteiger partial charge < -0.3 is 15.3 Å². The normalized spacial score (nSPS) is 30.0. The van der Waals surface area contributed by atoms with Crippen LogP contribution in [0.1, 0.15) is 26.7 Å². The smallest absolute Gasteiger partial charge is 0.320 e. The maximum absolute atomic E-state index is 12.4. The Morgan fingerprint density at radius 2 is 1.90 bits per heavy atom. The van der Waals surface area contributed by atoms with Crippen LogP contribution in [0, 0.1) is 5.92 Å². The average molecular weight is 283 g/mol. The van der Waals surface area contributed by atoms with E-state index in [4.69, 9.17) is 5.11 Å². The molecule has 0 aliphatic carbocycles. The molecule has 6 heteroatoms. The molecule has 2 rings (SSSR count). The fraction of sp³-hybridized carbons (Fsp3) is 0.857. The minimum absolute atomic E-state index is 0.0535. The fourth-order valence-corrected chi connectivity index (χ4v) is 3.00. The molecule has 2 N–H and O–H groups in total. The number of rotatable bonds is 3. The molecule has 0 spiro atoms. The molecule has 0 radical (unpaired) electrons. The number of carbonyl (C=O) groups is 2. The van der Waals surface area contributed by atoms with E-state index < -0.39 is 12.0 Å². The number of aliphatic carboxylic acids is 1. The molecule has 2 heterocycles. The van der Waals surface area contributed by atoms with E-state index in [-0.39, 0.29) is 11.9 Å². The number of piperazine rings is 1. The molecule has 6 nitrogen and oxygen atoms in total.